The number of H-pyrrole nitrogens is 1. The first-order valence-electron chi connectivity index (χ1n) is 5.04. The molecule has 0 bridgehead atoms. The normalized spacial score (nSPS) is 10.3. The Morgan fingerprint density at radius 3 is 2.88 bits per heavy atom. The van der Waals surface area contributed by atoms with Gasteiger partial charge < -0.3 is 4.98 Å². The van der Waals surface area contributed by atoms with Gasteiger partial charge in [0.05, 0.1) is 18.0 Å². The van der Waals surface area contributed by atoms with E-state index in [9.17, 15) is 0 Å². The SMILES string of the molecule is N#Cc1ccccc1-c1ncnc2nc[nH]c12. The number of fused-ring (bicyclic) bond motifs is 1. The van der Waals surface area contributed by atoms with Crippen molar-refractivity contribution in [3.05, 3.63) is 42.5 Å². The van der Waals surface area contributed by atoms with Crippen molar-refractivity contribution >= 4 is 11.2 Å². The van der Waals surface area contributed by atoms with Crippen molar-refractivity contribution in [2.24, 2.45) is 0 Å². The standard InChI is InChI=1S/C12H7N5/c13-5-8-3-1-2-4-9(8)10-11-12(16-6-14-10)17-7-15-11/h1-4,6-7H,(H,14,15,16,17). The van der Waals surface area contributed by atoms with Gasteiger partial charge in [-0.3, -0.25) is 0 Å². The molecule has 0 aliphatic carbocycles. The highest BCUT2D eigenvalue weighted by Crippen LogP contribution is 2.25. The predicted octanol–water partition coefficient (Wildman–Crippen LogP) is 1.89. The topological polar surface area (TPSA) is 78.2 Å². The number of nitrogens with zero attached hydrogens (tertiary/aromatic N) is 4. The number of nitrogens with one attached hydrogen (secondary N) is 1. The quantitative estimate of drug-likeness (QED) is 0.680. The molecule has 1 aromatic carbocycles. The number of hydrogen-bond acceptors (Lipinski definition) is 4. The fourth-order valence-electron chi connectivity index (χ4n) is 1.76. The summed E-state index contributed by atoms with van der Waals surface area (Å²) >= 11 is 0. The fraction of sp³-hybridized carbons (Fsp3) is 0. The molecular formula is C12H7N5. The van der Waals surface area contributed by atoms with E-state index >= 15 is 0 Å². The van der Waals surface area contributed by atoms with Crippen LogP contribution in [0.2, 0.25) is 0 Å². The van der Waals surface area contributed by atoms with Gasteiger partial charge in [0, 0.05) is 5.56 Å². The highest BCUT2D eigenvalue weighted by atomic mass is 15.0. The minimum Gasteiger partial charge on any atom is -0.341 e. The van der Waals surface area contributed by atoms with Gasteiger partial charge in [-0.2, -0.15) is 5.26 Å². The summed E-state index contributed by atoms with van der Waals surface area (Å²) in [4.78, 5) is 15.3. The number of rotatable bonds is 1. The summed E-state index contributed by atoms with van der Waals surface area (Å²) in [6.07, 6.45) is 3.02. The van der Waals surface area contributed by atoms with Gasteiger partial charge in [0.2, 0.25) is 0 Å². The first kappa shape index (κ1) is 9.48. The van der Waals surface area contributed by atoms with Crippen molar-refractivity contribution in [3.8, 4) is 17.3 Å². The lowest BCUT2D eigenvalue weighted by atomic mass is 10.0. The Balaban J connectivity index is 2.35. The van der Waals surface area contributed by atoms with Gasteiger partial charge in [-0.1, -0.05) is 18.2 Å². The molecule has 0 amide bonds. The number of aromatic nitrogens is 4. The van der Waals surface area contributed by atoms with Crippen molar-refractivity contribution in [1.82, 2.24) is 19.9 Å². The molecule has 0 aliphatic heterocycles. The highest BCUT2D eigenvalue weighted by molar-refractivity contribution is 5.88. The van der Waals surface area contributed by atoms with Crippen molar-refractivity contribution in [2.75, 3.05) is 0 Å². The van der Waals surface area contributed by atoms with Gasteiger partial charge in [-0.25, -0.2) is 15.0 Å². The van der Waals surface area contributed by atoms with Crippen LogP contribution in [0.4, 0.5) is 0 Å². The molecule has 0 atom stereocenters. The minimum atomic E-state index is 0.585. The molecule has 3 aromatic rings. The van der Waals surface area contributed by atoms with Crippen LogP contribution in [-0.4, -0.2) is 19.9 Å². The summed E-state index contributed by atoms with van der Waals surface area (Å²) in [5, 5.41) is 9.08. The average molecular weight is 221 g/mol. The molecule has 0 aliphatic rings. The van der Waals surface area contributed by atoms with Crippen LogP contribution >= 0.6 is 0 Å². The van der Waals surface area contributed by atoms with Crippen LogP contribution < -0.4 is 0 Å². The van der Waals surface area contributed by atoms with Gasteiger partial charge in [0.25, 0.3) is 0 Å². The maximum atomic E-state index is 9.08. The molecule has 0 spiro atoms. The number of nitriles is 1. The van der Waals surface area contributed by atoms with E-state index in [1.165, 1.54) is 6.33 Å². The molecule has 5 nitrogen and oxygen atoms in total. The Kier molecular flexibility index (Phi) is 2.06. The highest BCUT2D eigenvalue weighted by Gasteiger charge is 2.11. The Morgan fingerprint density at radius 1 is 1.12 bits per heavy atom. The average Bonchev–Trinajstić information content (AvgIpc) is 2.86. The third-order valence-corrected chi connectivity index (χ3v) is 2.53. The van der Waals surface area contributed by atoms with Crippen LogP contribution in [0, 0.1) is 11.3 Å². The second-order valence-electron chi connectivity index (χ2n) is 3.48. The Morgan fingerprint density at radius 2 is 2.00 bits per heavy atom. The minimum absolute atomic E-state index is 0.585. The molecule has 80 valence electrons. The molecule has 0 saturated heterocycles. The fourth-order valence-corrected chi connectivity index (χ4v) is 1.76. The van der Waals surface area contributed by atoms with Crippen LogP contribution in [0.1, 0.15) is 5.56 Å². The molecule has 2 aromatic heterocycles. The summed E-state index contributed by atoms with van der Waals surface area (Å²) in [5.74, 6) is 0. The smallest absolute Gasteiger partial charge is 0.181 e. The molecule has 17 heavy (non-hydrogen) atoms. The van der Waals surface area contributed by atoms with E-state index in [2.05, 4.69) is 26.0 Å². The van der Waals surface area contributed by atoms with Crippen LogP contribution in [0.3, 0.4) is 0 Å². The van der Waals surface area contributed by atoms with E-state index in [1.807, 2.05) is 18.2 Å². The van der Waals surface area contributed by atoms with Gasteiger partial charge in [-0.05, 0) is 6.07 Å². The third-order valence-electron chi connectivity index (χ3n) is 2.53. The molecule has 2 heterocycles. The van der Waals surface area contributed by atoms with Crippen LogP contribution in [-0.2, 0) is 0 Å². The lowest BCUT2D eigenvalue weighted by molar-refractivity contribution is 1.20. The summed E-state index contributed by atoms with van der Waals surface area (Å²) in [6.45, 7) is 0. The van der Waals surface area contributed by atoms with E-state index in [0.717, 1.165) is 11.1 Å². The number of aromatic amines is 1. The van der Waals surface area contributed by atoms with Gasteiger partial charge in [-0.15, -0.1) is 0 Å². The second-order valence-corrected chi connectivity index (χ2v) is 3.48. The zero-order valence-electron chi connectivity index (χ0n) is 8.75. The molecule has 0 fully saturated rings. The zero-order chi connectivity index (χ0) is 11.7. The van der Waals surface area contributed by atoms with Crippen molar-refractivity contribution in [1.29, 1.82) is 5.26 Å². The summed E-state index contributed by atoms with van der Waals surface area (Å²) in [6, 6.07) is 9.48. The maximum absolute atomic E-state index is 9.08. The molecule has 3 rings (SSSR count). The summed E-state index contributed by atoms with van der Waals surface area (Å²) in [5.41, 5.74) is 3.41. The molecule has 0 radical (unpaired) electrons. The van der Waals surface area contributed by atoms with Crippen molar-refractivity contribution in [3.63, 3.8) is 0 Å². The predicted molar refractivity (Wildman–Crippen MR) is 61.8 cm³/mol. The molecule has 0 saturated carbocycles. The molecule has 0 unspecified atom stereocenters. The lowest BCUT2D eigenvalue weighted by Gasteiger charge is -2.03. The van der Waals surface area contributed by atoms with Gasteiger partial charge in [0.1, 0.15) is 17.5 Å². The van der Waals surface area contributed by atoms with Crippen molar-refractivity contribution in [2.45, 2.75) is 0 Å². The van der Waals surface area contributed by atoms with Crippen LogP contribution in [0.15, 0.2) is 36.9 Å². The number of hydrogen-bond donors (Lipinski definition) is 1. The number of benzene rings is 1. The third kappa shape index (κ3) is 1.43. The first-order valence-corrected chi connectivity index (χ1v) is 5.04. The largest absolute Gasteiger partial charge is 0.341 e. The Hall–Kier alpha value is -2.74. The van der Waals surface area contributed by atoms with E-state index in [1.54, 1.807) is 12.4 Å². The first-order chi connectivity index (χ1) is 8.40. The van der Waals surface area contributed by atoms with Gasteiger partial charge >= 0.3 is 0 Å². The molecule has 1 N–H and O–H groups in total. The van der Waals surface area contributed by atoms with Crippen LogP contribution in [0.5, 0.6) is 0 Å². The maximum Gasteiger partial charge on any atom is 0.181 e. The zero-order valence-corrected chi connectivity index (χ0v) is 8.75. The second kappa shape index (κ2) is 3.68. The number of imidazole rings is 1. The van der Waals surface area contributed by atoms with Crippen molar-refractivity contribution < 1.29 is 0 Å². The summed E-state index contributed by atoms with van der Waals surface area (Å²) in [7, 11) is 0. The van der Waals surface area contributed by atoms with Gasteiger partial charge in [0.15, 0.2) is 5.65 Å². The molecular weight excluding hydrogens is 214 g/mol. The summed E-state index contributed by atoms with van der Waals surface area (Å²) < 4.78 is 0. The van der Waals surface area contributed by atoms with E-state index in [4.69, 9.17) is 5.26 Å². The van der Waals surface area contributed by atoms with Crippen LogP contribution in [0.25, 0.3) is 22.4 Å². The van der Waals surface area contributed by atoms with E-state index in [-0.39, 0.29) is 0 Å². The lowest BCUT2D eigenvalue weighted by Crippen LogP contribution is -1.90. The van der Waals surface area contributed by atoms with E-state index < -0.39 is 0 Å². The van der Waals surface area contributed by atoms with E-state index in [0.29, 0.717) is 16.9 Å². The Bertz CT molecular complexity index is 723. The molecule has 5 heteroatoms. The monoisotopic (exact) mass is 221 g/mol. The Labute approximate surface area is 96.8 Å².